The second kappa shape index (κ2) is 6.88. The fourth-order valence-electron chi connectivity index (χ4n) is 1.50. The molecule has 0 unspecified atom stereocenters. The van der Waals surface area contributed by atoms with Gasteiger partial charge in [-0.05, 0) is 24.3 Å². The minimum absolute atomic E-state index is 0.0962. The fourth-order valence-corrected chi connectivity index (χ4v) is 1.50. The van der Waals surface area contributed by atoms with Crippen molar-refractivity contribution in [3.05, 3.63) is 29.8 Å². The quantitative estimate of drug-likeness (QED) is 0.761. The number of rotatable bonds is 5. The molecule has 0 aromatic heterocycles. The highest BCUT2D eigenvalue weighted by atomic mass is 16.2. The summed E-state index contributed by atoms with van der Waals surface area (Å²) in [5.41, 5.74) is 5.61. The number of nitrogens with one attached hydrogen (secondary N) is 2. The van der Waals surface area contributed by atoms with Crippen LogP contribution in [0.2, 0.25) is 0 Å². The molecule has 4 N–H and O–H groups in total. The number of anilines is 1. The van der Waals surface area contributed by atoms with Crippen LogP contribution in [0, 0.1) is 5.41 Å². The van der Waals surface area contributed by atoms with Crippen molar-refractivity contribution in [2.45, 2.75) is 27.2 Å². The molecule has 0 atom stereocenters. The Balaban J connectivity index is 2.40. The first-order valence-corrected chi connectivity index (χ1v) is 6.68. The van der Waals surface area contributed by atoms with E-state index in [4.69, 9.17) is 5.73 Å². The largest absolute Gasteiger partial charge is 0.366 e. The molecule has 0 saturated carbocycles. The molecular formula is C15H21N3O3. The molecule has 0 spiro atoms. The summed E-state index contributed by atoms with van der Waals surface area (Å²) in [4.78, 5) is 34.2. The van der Waals surface area contributed by atoms with Crippen LogP contribution in [0.5, 0.6) is 0 Å². The van der Waals surface area contributed by atoms with E-state index in [1.165, 1.54) is 0 Å². The summed E-state index contributed by atoms with van der Waals surface area (Å²) in [6.45, 7) is 5.70. The van der Waals surface area contributed by atoms with Gasteiger partial charge >= 0.3 is 0 Å². The van der Waals surface area contributed by atoms with Gasteiger partial charge in [-0.15, -0.1) is 0 Å². The molecule has 6 heteroatoms. The van der Waals surface area contributed by atoms with Crippen LogP contribution in [0.25, 0.3) is 0 Å². The zero-order valence-corrected chi connectivity index (χ0v) is 12.5. The maximum absolute atomic E-state index is 11.7. The molecule has 0 heterocycles. The lowest BCUT2D eigenvalue weighted by Crippen LogP contribution is -2.36. The Morgan fingerprint density at radius 3 is 2.14 bits per heavy atom. The Kier molecular flexibility index (Phi) is 5.46. The summed E-state index contributed by atoms with van der Waals surface area (Å²) in [5.74, 6) is -0.824. The van der Waals surface area contributed by atoms with E-state index in [2.05, 4.69) is 10.6 Å². The molecule has 0 aliphatic carbocycles. The number of nitrogens with two attached hydrogens (primary N) is 1. The van der Waals surface area contributed by atoms with Gasteiger partial charge in [0.25, 0.3) is 0 Å². The predicted octanol–water partition coefficient (Wildman–Crippen LogP) is 1.28. The Morgan fingerprint density at radius 1 is 1.10 bits per heavy atom. The molecule has 1 aromatic rings. The number of carbonyl (C=O) groups is 3. The van der Waals surface area contributed by atoms with Crippen LogP contribution in [0.4, 0.5) is 5.69 Å². The molecule has 0 radical (unpaired) electrons. The fraction of sp³-hybridized carbons (Fsp3) is 0.400. The molecule has 0 fully saturated rings. The third-order valence-corrected chi connectivity index (χ3v) is 2.77. The van der Waals surface area contributed by atoms with Gasteiger partial charge in [0, 0.05) is 29.6 Å². The van der Waals surface area contributed by atoms with E-state index in [9.17, 15) is 14.4 Å². The van der Waals surface area contributed by atoms with Crippen LogP contribution >= 0.6 is 0 Å². The van der Waals surface area contributed by atoms with E-state index < -0.39 is 11.3 Å². The monoisotopic (exact) mass is 291 g/mol. The molecule has 0 aliphatic heterocycles. The molecule has 1 rings (SSSR count). The van der Waals surface area contributed by atoms with Gasteiger partial charge < -0.3 is 16.4 Å². The van der Waals surface area contributed by atoms with E-state index in [0.717, 1.165) is 0 Å². The van der Waals surface area contributed by atoms with Crippen molar-refractivity contribution in [3.8, 4) is 0 Å². The Morgan fingerprint density at radius 2 is 1.67 bits per heavy atom. The zero-order chi connectivity index (χ0) is 16.0. The minimum atomic E-state index is -0.516. The average molecular weight is 291 g/mol. The van der Waals surface area contributed by atoms with Crippen molar-refractivity contribution >= 4 is 23.4 Å². The summed E-state index contributed by atoms with van der Waals surface area (Å²) >= 11 is 0. The van der Waals surface area contributed by atoms with Gasteiger partial charge in [0.1, 0.15) is 0 Å². The van der Waals surface area contributed by atoms with Gasteiger partial charge in [-0.3, -0.25) is 14.4 Å². The first-order valence-electron chi connectivity index (χ1n) is 6.68. The Labute approximate surface area is 124 Å². The highest BCUT2D eigenvalue weighted by Crippen LogP contribution is 2.12. The van der Waals surface area contributed by atoms with Crippen molar-refractivity contribution in [2.24, 2.45) is 11.1 Å². The highest BCUT2D eigenvalue weighted by Gasteiger charge is 2.20. The van der Waals surface area contributed by atoms with Gasteiger partial charge in [-0.25, -0.2) is 0 Å². The molecule has 21 heavy (non-hydrogen) atoms. The van der Waals surface area contributed by atoms with E-state index in [-0.39, 0.29) is 24.8 Å². The number of primary amides is 1. The van der Waals surface area contributed by atoms with E-state index in [0.29, 0.717) is 11.3 Å². The van der Waals surface area contributed by atoms with Crippen molar-refractivity contribution in [2.75, 3.05) is 11.9 Å². The normalized spacial score (nSPS) is 10.8. The molecule has 1 aromatic carbocycles. The van der Waals surface area contributed by atoms with Crippen LogP contribution in [-0.4, -0.2) is 24.3 Å². The van der Waals surface area contributed by atoms with Gasteiger partial charge in [0.15, 0.2) is 0 Å². The molecule has 114 valence electrons. The van der Waals surface area contributed by atoms with Crippen molar-refractivity contribution < 1.29 is 14.4 Å². The van der Waals surface area contributed by atoms with Crippen molar-refractivity contribution in [3.63, 3.8) is 0 Å². The van der Waals surface area contributed by atoms with Crippen LogP contribution in [0.3, 0.4) is 0 Å². The number of benzene rings is 1. The maximum Gasteiger partial charge on any atom is 0.248 e. The Hall–Kier alpha value is -2.37. The molecular weight excluding hydrogens is 270 g/mol. The van der Waals surface area contributed by atoms with Crippen LogP contribution in [0.1, 0.15) is 37.6 Å². The summed E-state index contributed by atoms with van der Waals surface area (Å²) in [5, 5.41) is 5.38. The lowest BCUT2D eigenvalue weighted by Gasteiger charge is -2.17. The van der Waals surface area contributed by atoms with Crippen molar-refractivity contribution in [1.82, 2.24) is 5.32 Å². The first-order chi connectivity index (χ1) is 9.70. The summed E-state index contributed by atoms with van der Waals surface area (Å²) in [7, 11) is 0. The third-order valence-electron chi connectivity index (χ3n) is 2.77. The molecule has 3 amide bonds. The van der Waals surface area contributed by atoms with Crippen LogP contribution in [0.15, 0.2) is 24.3 Å². The minimum Gasteiger partial charge on any atom is -0.366 e. The summed E-state index contributed by atoms with van der Waals surface area (Å²) in [6.07, 6.45) is 0.180. The number of amides is 3. The molecule has 0 saturated heterocycles. The topological polar surface area (TPSA) is 101 Å². The molecule has 0 aliphatic rings. The van der Waals surface area contributed by atoms with E-state index >= 15 is 0 Å². The van der Waals surface area contributed by atoms with Crippen molar-refractivity contribution in [1.29, 1.82) is 0 Å². The predicted molar refractivity (Wildman–Crippen MR) is 80.7 cm³/mol. The van der Waals surface area contributed by atoms with Gasteiger partial charge in [0.05, 0.1) is 0 Å². The SMILES string of the molecule is CC(C)(C)C(=O)NCCC(=O)Nc1ccc(C(N)=O)cc1. The van der Waals surface area contributed by atoms with Gasteiger partial charge in [-0.1, -0.05) is 20.8 Å². The third kappa shape index (κ3) is 5.64. The number of hydrogen-bond donors (Lipinski definition) is 3. The zero-order valence-electron chi connectivity index (χ0n) is 12.5. The summed E-state index contributed by atoms with van der Waals surface area (Å²) < 4.78 is 0. The molecule has 0 bridgehead atoms. The van der Waals surface area contributed by atoms with Gasteiger partial charge in [0.2, 0.25) is 17.7 Å². The second-order valence-corrected chi connectivity index (χ2v) is 5.75. The highest BCUT2D eigenvalue weighted by molar-refractivity contribution is 5.95. The van der Waals surface area contributed by atoms with Crippen LogP contribution < -0.4 is 16.4 Å². The van der Waals surface area contributed by atoms with E-state index in [1.807, 2.05) is 20.8 Å². The standard InChI is InChI=1S/C15H21N3O3/c1-15(2,3)14(21)17-9-8-12(19)18-11-6-4-10(5-7-11)13(16)20/h4-7H,8-9H2,1-3H3,(H2,16,20)(H,17,21)(H,18,19). The number of hydrogen-bond acceptors (Lipinski definition) is 3. The average Bonchev–Trinajstić information content (AvgIpc) is 2.38. The first kappa shape index (κ1) is 16.7. The summed E-state index contributed by atoms with van der Waals surface area (Å²) in [6, 6.07) is 6.29. The Bertz CT molecular complexity index is 530. The van der Waals surface area contributed by atoms with E-state index in [1.54, 1.807) is 24.3 Å². The lowest BCUT2D eigenvalue weighted by atomic mass is 9.96. The maximum atomic E-state index is 11.7. The van der Waals surface area contributed by atoms with Gasteiger partial charge in [-0.2, -0.15) is 0 Å². The number of carbonyl (C=O) groups excluding carboxylic acids is 3. The second-order valence-electron chi connectivity index (χ2n) is 5.75. The smallest absolute Gasteiger partial charge is 0.248 e. The van der Waals surface area contributed by atoms with Crippen LogP contribution in [-0.2, 0) is 9.59 Å². The lowest BCUT2D eigenvalue weighted by molar-refractivity contribution is -0.128. The molecule has 6 nitrogen and oxygen atoms in total.